The van der Waals surface area contributed by atoms with Gasteiger partial charge in [0.15, 0.2) is 0 Å². The third-order valence-corrected chi connectivity index (χ3v) is 7.54. The first-order valence-corrected chi connectivity index (χ1v) is 12.2. The first-order valence-electron chi connectivity index (χ1n) is 12.2. The summed E-state index contributed by atoms with van der Waals surface area (Å²) >= 11 is 0. The molecule has 5 rings (SSSR count). The van der Waals surface area contributed by atoms with Gasteiger partial charge in [-0.3, -0.25) is 4.79 Å². The van der Waals surface area contributed by atoms with Gasteiger partial charge in [-0.15, -0.1) is 0 Å². The van der Waals surface area contributed by atoms with Crippen LogP contribution in [0.2, 0.25) is 0 Å². The van der Waals surface area contributed by atoms with E-state index in [2.05, 4.69) is 46.4 Å². The van der Waals surface area contributed by atoms with Gasteiger partial charge in [-0.2, -0.15) is 0 Å². The maximum atomic E-state index is 13.9. The van der Waals surface area contributed by atoms with E-state index in [1.165, 1.54) is 0 Å². The maximum absolute atomic E-state index is 13.9. The molecule has 0 spiro atoms. The SMILES string of the molecule is CO[C@@H](C)[C@H]1CC[C@H](C(=O)N2Cc3cccnc3Nc3ccc(N4CCOCC4)cc32)CC1. The van der Waals surface area contributed by atoms with Crippen molar-refractivity contribution < 1.29 is 14.3 Å². The van der Waals surface area contributed by atoms with E-state index in [0.29, 0.717) is 12.5 Å². The molecule has 1 atom stereocenters. The number of carbonyl (C=O) groups is 1. The number of nitrogens with zero attached hydrogens (tertiary/aromatic N) is 3. The topological polar surface area (TPSA) is 66.9 Å². The summed E-state index contributed by atoms with van der Waals surface area (Å²) in [5.41, 5.74) is 4.04. The van der Waals surface area contributed by atoms with Gasteiger partial charge in [0, 0.05) is 43.6 Å². The third-order valence-electron chi connectivity index (χ3n) is 7.54. The fourth-order valence-corrected chi connectivity index (χ4v) is 5.37. The van der Waals surface area contributed by atoms with Crippen molar-refractivity contribution in [3.8, 4) is 0 Å². The van der Waals surface area contributed by atoms with E-state index in [1.54, 1.807) is 13.3 Å². The van der Waals surface area contributed by atoms with Crippen molar-refractivity contribution in [2.75, 3.05) is 48.5 Å². The number of rotatable bonds is 4. The van der Waals surface area contributed by atoms with E-state index in [1.807, 2.05) is 11.0 Å². The van der Waals surface area contributed by atoms with Crippen LogP contribution in [-0.2, 0) is 20.8 Å². The zero-order valence-electron chi connectivity index (χ0n) is 19.6. The standard InChI is InChI=1S/C26H34N4O3/c1-18(32-2)19-5-7-20(8-6-19)26(31)30-17-21-4-3-11-27-25(21)28-23-10-9-22(16-24(23)30)29-12-14-33-15-13-29/h3-4,9-11,16,18-20H,5-8,12-15,17H2,1-2H3,(H,27,28)/t18-,19-,20-/m0/s1. The van der Waals surface area contributed by atoms with Crippen LogP contribution in [0.25, 0.3) is 0 Å². The van der Waals surface area contributed by atoms with Crippen LogP contribution < -0.4 is 15.1 Å². The maximum Gasteiger partial charge on any atom is 0.230 e. The quantitative estimate of drug-likeness (QED) is 0.747. The smallest absolute Gasteiger partial charge is 0.230 e. The van der Waals surface area contributed by atoms with Gasteiger partial charge >= 0.3 is 0 Å². The van der Waals surface area contributed by atoms with Gasteiger partial charge in [0.05, 0.1) is 37.2 Å². The summed E-state index contributed by atoms with van der Waals surface area (Å²) in [5.74, 6) is 1.63. The van der Waals surface area contributed by atoms with Crippen LogP contribution >= 0.6 is 0 Å². The minimum Gasteiger partial charge on any atom is -0.381 e. The Bertz CT molecular complexity index is 983. The minimum absolute atomic E-state index is 0.0448. The molecule has 0 radical (unpaired) electrons. The Balaban J connectivity index is 1.45. The number of aromatic nitrogens is 1. The summed E-state index contributed by atoms with van der Waals surface area (Å²) in [6, 6.07) is 10.4. The van der Waals surface area contributed by atoms with E-state index in [9.17, 15) is 4.79 Å². The minimum atomic E-state index is 0.0448. The van der Waals surface area contributed by atoms with E-state index in [4.69, 9.17) is 9.47 Å². The van der Waals surface area contributed by atoms with Crippen LogP contribution in [0.3, 0.4) is 0 Å². The zero-order chi connectivity index (χ0) is 22.8. The monoisotopic (exact) mass is 450 g/mol. The van der Waals surface area contributed by atoms with Gasteiger partial charge in [-0.1, -0.05) is 6.07 Å². The Morgan fingerprint density at radius 1 is 1.18 bits per heavy atom. The van der Waals surface area contributed by atoms with Crippen LogP contribution in [0.15, 0.2) is 36.5 Å². The predicted molar refractivity (Wildman–Crippen MR) is 130 cm³/mol. The number of hydrogen-bond donors (Lipinski definition) is 1. The van der Waals surface area contributed by atoms with E-state index < -0.39 is 0 Å². The van der Waals surface area contributed by atoms with Gasteiger partial charge in [0.25, 0.3) is 0 Å². The van der Waals surface area contributed by atoms with E-state index >= 15 is 0 Å². The van der Waals surface area contributed by atoms with Crippen molar-refractivity contribution in [1.29, 1.82) is 0 Å². The molecule has 1 saturated heterocycles. The highest BCUT2D eigenvalue weighted by Crippen LogP contribution is 2.40. The number of nitrogens with one attached hydrogen (secondary N) is 1. The average molecular weight is 451 g/mol. The molecule has 1 aliphatic carbocycles. The van der Waals surface area contributed by atoms with Crippen molar-refractivity contribution in [2.45, 2.75) is 45.3 Å². The van der Waals surface area contributed by atoms with E-state index in [-0.39, 0.29) is 17.9 Å². The fraction of sp³-hybridized carbons (Fsp3) is 0.538. The molecule has 1 aromatic carbocycles. The largest absolute Gasteiger partial charge is 0.381 e. The number of hydrogen-bond acceptors (Lipinski definition) is 6. The second-order valence-corrected chi connectivity index (χ2v) is 9.41. The molecule has 2 aromatic rings. The van der Waals surface area contributed by atoms with Gasteiger partial charge in [-0.05, 0) is 62.8 Å². The lowest BCUT2D eigenvalue weighted by atomic mass is 9.79. The molecule has 2 aliphatic heterocycles. The van der Waals surface area contributed by atoms with Crippen molar-refractivity contribution in [2.24, 2.45) is 11.8 Å². The number of amides is 1. The number of carbonyl (C=O) groups excluding carboxylic acids is 1. The molecule has 3 aliphatic rings. The Kier molecular flexibility index (Phi) is 6.51. The number of methoxy groups -OCH3 is 1. The zero-order valence-corrected chi connectivity index (χ0v) is 19.6. The molecule has 1 aromatic heterocycles. The number of morpholine rings is 1. The van der Waals surface area contributed by atoms with Gasteiger partial charge in [-0.25, -0.2) is 4.98 Å². The lowest BCUT2D eigenvalue weighted by Crippen LogP contribution is -2.39. The molecule has 33 heavy (non-hydrogen) atoms. The highest BCUT2D eigenvalue weighted by atomic mass is 16.5. The molecule has 2 fully saturated rings. The first-order chi connectivity index (χ1) is 16.1. The van der Waals surface area contributed by atoms with Crippen molar-refractivity contribution in [3.63, 3.8) is 0 Å². The van der Waals surface area contributed by atoms with Crippen molar-refractivity contribution in [3.05, 3.63) is 42.1 Å². The molecule has 1 N–H and O–H groups in total. The van der Waals surface area contributed by atoms with Gasteiger partial charge in [0.2, 0.25) is 5.91 Å². The normalized spacial score (nSPS) is 23.7. The highest BCUT2D eigenvalue weighted by Gasteiger charge is 2.34. The Labute approximate surface area is 196 Å². The second kappa shape index (κ2) is 9.69. The predicted octanol–water partition coefficient (Wildman–Crippen LogP) is 4.35. The molecule has 1 amide bonds. The van der Waals surface area contributed by atoms with Crippen LogP contribution in [-0.4, -0.2) is 50.4 Å². The summed E-state index contributed by atoms with van der Waals surface area (Å²) < 4.78 is 11.1. The number of benzene rings is 1. The Morgan fingerprint density at radius 2 is 1.97 bits per heavy atom. The Morgan fingerprint density at radius 3 is 2.73 bits per heavy atom. The molecule has 176 valence electrons. The summed E-state index contributed by atoms with van der Waals surface area (Å²) in [4.78, 5) is 22.8. The summed E-state index contributed by atoms with van der Waals surface area (Å²) in [5, 5.41) is 3.49. The fourth-order valence-electron chi connectivity index (χ4n) is 5.37. The number of anilines is 4. The van der Waals surface area contributed by atoms with Crippen molar-refractivity contribution in [1.82, 2.24) is 4.98 Å². The van der Waals surface area contributed by atoms with Crippen LogP contribution in [0, 0.1) is 11.8 Å². The number of pyridine rings is 1. The molecule has 3 heterocycles. The summed E-state index contributed by atoms with van der Waals surface area (Å²) in [6.45, 7) is 5.86. The number of fused-ring (bicyclic) bond motifs is 2. The molecular formula is C26H34N4O3. The lowest BCUT2D eigenvalue weighted by Gasteiger charge is -2.34. The van der Waals surface area contributed by atoms with Crippen LogP contribution in [0.4, 0.5) is 22.9 Å². The molecular weight excluding hydrogens is 416 g/mol. The average Bonchev–Trinajstić information content (AvgIpc) is 3.04. The lowest BCUT2D eigenvalue weighted by molar-refractivity contribution is -0.124. The van der Waals surface area contributed by atoms with Crippen molar-refractivity contribution >= 4 is 28.8 Å². The second-order valence-electron chi connectivity index (χ2n) is 9.41. The molecule has 0 unspecified atom stereocenters. The van der Waals surface area contributed by atoms with E-state index in [0.717, 1.165) is 80.4 Å². The van der Waals surface area contributed by atoms with Crippen LogP contribution in [0.5, 0.6) is 0 Å². The number of ether oxygens (including phenoxy) is 2. The summed E-state index contributed by atoms with van der Waals surface area (Å²) in [6.07, 6.45) is 5.95. The highest BCUT2D eigenvalue weighted by molar-refractivity contribution is 6.00. The molecule has 7 heteroatoms. The third kappa shape index (κ3) is 4.57. The van der Waals surface area contributed by atoms with Gasteiger partial charge in [0.1, 0.15) is 5.82 Å². The molecule has 1 saturated carbocycles. The molecule has 7 nitrogen and oxygen atoms in total. The Hall–Kier alpha value is -2.64. The van der Waals surface area contributed by atoms with Crippen LogP contribution in [0.1, 0.15) is 38.2 Å². The summed E-state index contributed by atoms with van der Waals surface area (Å²) in [7, 11) is 1.78. The first kappa shape index (κ1) is 22.2. The molecule has 0 bridgehead atoms. The van der Waals surface area contributed by atoms with Gasteiger partial charge < -0.3 is 24.6 Å².